The number of oxime groups is 1. The van der Waals surface area contributed by atoms with Crippen LogP contribution in [0.25, 0.3) is 6.08 Å². The zero-order chi connectivity index (χ0) is 38.2. The van der Waals surface area contributed by atoms with Gasteiger partial charge in [-0.2, -0.15) is 0 Å². The SMILES string of the molecule is CN(CCC(N)=NO)C(=O)n1ccc(N(C)C(=O)n2ccc(N(C)C(=O)n3ccc(NC(=O)C(=O)/C=C/c4ccc(S(=O)(=O)CCCl)cc4)c3)c2)c1. The van der Waals surface area contributed by atoms with Crippen molar-refractivity contribution < 1.29 is 37.6 Å². The number of hydrogen-bond donors (Lipinski definition) is 3. The summed E-state index contributed by atoms with van der Waals surface area (Å²) in [5.74, 6) is -2.09. The molecule has 4 aromatic rings. The van der Waals surface area contributed by atoms with Gasteiger partial charge in [0.25, 0.3) is 5.91 Å². The maximum Gasteiger partial charge on any atom is 0.332 e. The highest BCUT2D eigenvalue weighted by atomic mass is 35.5. The molecule has 4 N–H and O–H groups in total. The van der Waals surface area contributed by atoms with E-state index in [-0.39, 0.29) is 41.0 Å². The standard InChI is InChI=1S/C33H36ClN9O8S/c1-38(15-13-29(35)37-49)31(46)42-17-11-25(21-42)40(3)33(48)43-18-12-26(22-43)39(2)32(47)41-16-10-24(20-41)36-30(45)28(44)9-6-23-4-7-27(8-5-23)52(50,51)19-14-34/h4-12,16-18,20-22,49H,13-15,19H2,1-3H3,(H2,35,37)(H,36,45)/b9-6+. The molecular weight excluding hydrogens is 718 g/mol. The largest absolute Gasteiger partial charge is 0.409 e. The van der Waals surface area contributed by atoms with E-state index in [4.69, 9.17) is 22.5 Å². The molecular formula is C33H36ClN9O8S. The molecule has 1 aromatic carbocycles. The molecule has 0 atom stereocenters. The van der Waals surface area contributed by atoms with E-state index in [1.54, 1.807) is 19.2 Å². The number of rotatable bonds is 12. The predicted molar refractivity (Wildman–Crippen MR) is 195 cm³/mol. The number of nitrogens with two attached hydrogens (primary N) is 1. The van der Waals surface area contributed by atoms with Gasteiger partial charge in [0.2, 0.25) is 5.78 Å². The molecule has 4 rings (SSSR count). The Morgan fingerprint density at radius 3 is 1.94 bits per heavy atom. The Hall–Kier alpha value is -6.14. The molecule has 0 saturated carbocycles. The lowest BCUT2D eigenvalue weighted by atomic mass is 10.2. The average molecular weight is 754 g/mol. The summed E-state index contributed by atoms with van der Waals surface area (Å²) in [5, 5.41) is 14.0. The van der Waals surface area contributed by atoms with Gasteiger partial charge in [-0.1, -0.05) is 23.4 Å². The predicted octanol–water partition coefficient (Wildman–Crippen LogP) is 3.57. The van der Waals surface area contributed by atoms with Gasteiger partial charge < -0.3 is 21.2 Å². The lowest BCUT2D eigenvalue weighted by Gasteiger charge is -2.18. The lowest BCUT2D eigenvalue weighted by Crippen LogP contribution is -2.33. The van der Waals surface area contributed by atoms with E-state index in [9.17, 15) is 32.4 Å². The van der Waals surface area contributed by atoms with Gasteiger partial charge in [-0.25, -0.2) is 22.8 Å². The smallest absolute Gasteiger partial charge is 0.332 e. The van der Waals surface area contributed by atoms with Crippen LogP contribution in [0.5, 0.6) is 0 Å². The second kappa shape index (κ2) is 16.7. The van der Waals surface area contributed by atoms with Crippen molar-refractivity contribution in [1.82, 2.24) is 18.6 Å². The molecule has 0 saturated heterocycles. The van der Waals surface area contributed by atoms with Crippen molar-refractivity contribution in [3.8, 4) is 0 Å². The van der Waals surface area contributed by atoms with Crippen molar-refractivity contribution in [2.45, 2.75) is 11.3 Å². The molecule has 4 amide bonds. The molecule has 0 fully saturated rings. The van der Waals surface area contributed by atoms with Gasteiger partial charge in [-0.3, -0.25) is 33.1 Å². The van der Waals surface area contributed by atoms with Crippen molar-refractivity contribution in [2.24, 2.45) is 10.9 Å². The Morgan fingerprint density at radius 2 is 1.38 bits per heavy atom. The fourth-order valence-electron chi connectivity index (χ4n) is 4.63. The van der Waals surface area contributed by atoms with Crippen LogP contribution in [0.1, 0.15) is 12.0 Å². The molecule has 3 aromatic heterocycles. The fraction of sp³-hybridized carbons (Fsp3) is 0.212. The van der Waals surface area contributed by atoms with Crippen LogP contribution in [0, 0.1) is 0 Å². The van der Waals surface area contributed by atoms with Crippen molar-refractivity contribution in [1.29, 1.82) is 0 Å². The van der Waals surface area contributed by atoms with Gasteiger partial charge >= 0.3 is 18.1 Å². The molecule has 0 aliphatic rings. The van der Waals surface area contributed by atoms with E-state index in [0.29, 0.717) is 16.9 Å². The monoisotopic (exact) mass is 753 g/mol. The van der Waals surface area contributed by atoms with Crippen molar-refractivity contribution in [3.05, 3.63) is 91.3 Å². The molecule has 0 unspecified atom stereocenters. The minimum atomic E-state index is -3.51. The third-order valence-corrected chi connectivity index (χ3v) is 9.86. The van der Waals surface area contributed by atoms with E-state index in [2.05, 4.69) is 10.5 Å². The summed E-state index contributed by atoms with van der Waals surface area (Å²) in [7, 11) is 1.06. The zero-order valence-corrected chi connectivity index (χ0v) is 29.9. The number of hydrogen-bond acceptors (Lipinski definition) is 9. The molecule has 3 heterocycles. The number of carbonyl (C=O) groups is 5. The van der Waals surface area contributed by atoms with Gasteiger partial charge in [-0.05, 0) is 42.0 Å². The summed E-state index contributed by atoms with van der Waals surface area (Å²) in [5.41, 5.74) is 6.94. The number of amidine groups is 1. The first-order valence-electron chi connectivity index (χ1n) is 15.4. The number of ketones is 1. The summed E-state index contributed by atoms with van der Waals surface area (Å²) in [4.78, 5) is 68.1. The Morgan fingerprint density at radius 1 is 0.846 bits per heavy atom. The maximum atomic E-state index is 13.2. The first-order chi connectivity index (χ1) is 24.6. The molecule has 52 heavy (non-hydrogen) atoms. The summed E-state index contributed by atoms with van der Waals surface area (Å²) in [6.45, 7) is 0.206. The Bertz CT molecular complexity index is 2130. The van der Waals surface area contributed by atoms with Crippen LogP contribution in [-0.2, 0) is 19.4 Å². The molecule has 0 aliphatic heterocycles. The Balaban J connectivity index is 1.33. The van der Waals surface area contributed by atoms with Gasteiger partial charge in [-0.15, -0.1) is 11.6 Å². The van der Waals surface area contributed by atoms with Crippen LogP contribution in [0.4, 0.5) is 31.4 Å². The van der Waals surface area contributed by atoms with Crippen molar-refractivity contribution in [2.75, 3.05) is 54.4 Å². The van der Waals surface area contributed by atoms with Crippen LogP contribution in [0.2, 0.25) is 0 Å². The molecule has 0 aliphatic carbocycles. The van der Waals surface area contributed by atoms with Crippen LogP contribution in [0.15, 0.2) is 95.8 Å². The highest BCUT2D eigenvalue weighted by molar-refractivity contribution is 7.91. The van der Waals surface area contributed by atoms with Crippen LogP contribution in [0.3, 0.4) is 0 Å². The number of nitrogens with one attached hydrogen (secondary N) is 1. The topological polar surface area (TPSA) is 215 Å². The molecule has 0 spiro atoms. The van der Waals surface area contributed by atoms with Crippen molar-refractivity contribution in [3.63, 3.8) is 0 Å². The van der Waals surface area contributed by atoms with E-state index < -0.39 is 39.6 Å². The highest BCUT2D eigenvalue weighted by Gasteiger charge is 2.21. The van der Waals surface area contributed by atoms with Crippen LogP contribution in [-0.4, -0.2) is 107 Å². The van der Waals surface area contributed by atoms with Gasteiger partial charge in [0.1, 0.15) is 5.84 Å². The van der Waals surface area contributed by atoms with E-state index in [0.717, 1.165) is 6.08 Å². The van der Waals surface area contributed by atoms with Crippen LogP contribution < -0.4 is 20.9 Å². The number of nitrogens with zero attached hydrogens (tertiary/aromatic N) is 7. The van der Waals surface area contributed by atoms with Gasteiger partial charge in [0.15, 0.2) is 9.84 Å². The lowest BCUT2D eigenvalue weighted by molar-refractivity contribution is -0.131. The number of aromatic nitrogens is 3. The summed E-state index contributed by atoms with van der Waals surface area (Å²) < 4.78 is 28.0. The number of sulfone groups is 1. The van der Waals surface area contributed by atoms with E-state index >= 15 is 0 Å². The first-order valence-corrected chi connectivity index (χ1v) is 17.6. The second-order valence-corrected chi connectivity index (χ2v) is 13.8. The van der Waals surface area contributed by atoms with Crippen LogP contribution >= 0.6 is 11.6 Å². The summed E-state index contributed by atoms with van der Waals surface area (Å²) >= 11 is 5.54. The number of alkyl halides is 1. The molecule has 19 heteroatoms. The zero-order valence-electron chi connectivity index (χ0n) is 28.3. The number of carbonyl (C=O) groups excluding carboxylic acids is 5. The summed E-state index contributed by atoms with van der Waals surface area (Å²) in [6.07, 6.45) is 11.2. The fourth-order valence-corrected chi connectivity index (χ4v) is 6.23. The molecule has 274 valence electrons. The molecule has 0 bridgehead atoms. The average Bonchev–Trinajstić information content (AvgIpc) is 3.93. The minimum Gasteiger partial charge on any atom is -0.409 e. The highest BCUT2D eigenvalue weighted by Crippen LogP contribution is 2.20. The van der Waals surface area contributed by atoms with E-state index in [1.165, 1.54) is 116 Å². The Labute approximate surface area is 303 Å². The number of benzene rings is 1. The van der Waals surface area contributed by atoms with Gasteiger partial charge in [0.05, 0.1) is 27.7 Å². The first kappa shape index (κ1) is 38.7. The normalized spacial score (nSPS) is 11.7. The number of amides is 4. The van der Waals surface area contributed by atoms with E-state index in [1.807, 2.05) is 0 Å². The second-order valence-electron chi connectivity index (χ2n) is 11.3. The Kier molecular flexibility index (Phi) is 12.4. The summed E-state index contributed by atoms with van der Waals surface area (Å²) in [6, 6.07) is 8.92. The quantitative estimate of drug-likeness (QED) is 0.0366. The maximum absolute atomic E-state index is 13.2. The third kappa shape index (κ3) is 9.34. The molecule has 0 radical (unpaired) electrons. The van der Waals surface area contributed by atoms with Crippen molar-refractivity contribution >= 4 is 80.2 Å². The minimum absolute atomic E-state index is 0.0139. The third-order valence-electron chi connectivity index (χ3n) is 7.71. The van der Waals surface area contributed by atoms with Gasteiger partial charge in [0, 0.05) is 77.2 Å². The number of halogens is 1. The molecule has 17 nitrogen and oxygen atoms in total. The number of anilines is 3.